The van der Waals surface area contributed by atoms with E-state index in [9.17, 15) is 23.6 Å². The number of hydrogen-bond donors (Lipinski definition) is 2. The SMILES string of the molecule is O=C1CCC(N2Cc3cc(NC(=O)c4ccc(F)cc4)ccc3C2=O)C(=O)N1. The molecule has 0 aromatic heterocycles. The first-order chi connectivity index (χ1) is 13.4. The van der Waals surface area contributed by atoms with Gasteiger partial charge in [0.25, 0.3) is 11.8 Å². The predicted octanol–water partition coefficient (Wildman–Crippen LogP) is 1.84. The van der Waals surface area contributed by atoms with Gasteiger partial charge >= 0.3 is 0 Å². The zero-order valence-corrected chi connectivity index (χ0v) is 14.7. The van der Waals surface area contributed by atoms with E-state index < -0.39 is 23.7 Å². The van der Waals surface area contributed by atoms with Crippen LogP contribution < -0.4 is 10.6 Å². The molecule has 2 N–H and O–H groups in total. The molecule has 0 spiro atoms. The van der Waals surface area contributed by atoms with Gasteiger partial charge in [-0.1, -0.05) is 0 Å². The molecule has 142 valence electrons. The molecule has 1 fully saturated rings. The van der Waals surface area contributed by atoms with Crippen LogP contribution in [0, 0.1) is 5.82 Å². The van der Waals surface area contributed by atoms with Crippen LogP contribution in [0.25, 0.3) is 0 Å². The van der Waals surface area contributed by atoms with Gasteiger partial charge in [-0.3, -0.25) is 24.5 Å². The van der Waals surface area contributed by atoms with Crippen LogP contribution in [0.15, 0.2) is 42.5 Å². The molecule has 7 nitrogen and oxygen atoms in total. The molecule has 0 radical (unpaired) electrons. The molecular weight excluding hydrogens is 365 g/mol. The lowest BCUT2D eigenvalue weighted by atomic mass is 10.0. The van der Waals surface area contributed by atoms with E-state index in [1.165, 1.54) is 29.2 Å². The molecule has 28 heavy (non-hydrogen) atoms. The summed E-state index contributed by atoms with van der Waals surface area (Å²) in [6.07, 6.45) is 0.480. The number of piperidine rings is 1. The third-order valence-electron chi connectivity index (χ3n) is 4.89. The fourth-order valence-corrected chi connectivity index (χ4v) is 3.46. The average molecular weight is 381 g/mol. The number of halogens is 1. The van der Waals surface area contributed by atoms with E-state index in [0.717, 1.165) is 0 Å². The van der Waals surface area contributed by atoms with Crippen molar-refractivity contribution in [3.8, 4) is 0 Å². The Kier molecular flexibility index (Phi) is 4.38. The Balaban J connectivity index is 1.51. The number of benzene rings is 2. The maximum Gasteiger partial charge on any atom is 0.255 e. The second-order valence-electron chi connectivity index (χ2n) is 6.73. The fraction of sp³-hybridized carbons (Fsp3) is 0.200. The van der Waals surface area contributed by atoms with Gasteiger partial charge in [0.1, 0.15) is 11.9 Å². The van der Waals surface area contributed by atoms with Crippen molar-refractivity contribution in [1.82, 2.24) is 10.2 Å². The Labute approximate surface area is 159 Å². The first kappa shape index (κ1) is 17.8. The van der Waals surface area contributed by atoms with E-state index in [0.29, 0.717) is 28.8 Å². The fourth-order valence-electron chi connectivity index (χ4n) is 3.46. The minimum atomic E-state index is -0.685. The Morgan fingerprint density at radius 3 is 2.57 bits per heavy atom. The highest BCUT2D eigenvalue weighted by Crippen LogP contribution is 2.29. The summed E-state index contributed by atoms with van der Waals surface area (Å²) in [6, 6.07) is 9.37. The largest absolute Gasteiger partial charge is 0.322 e. The number of imide groups is 1. The number of hydrogen-bond acceptors (Lipinski definition) is 4. The normalized spacial score (nSPS) is 18.7. The zero-order chi connectivity index (χ0) is 19.8. The minimum Gasteiger partial charge on any atom is -0.322 e. The van der Waals surface area contributed by atoms with Crippen LogP contribution in [-0.2, 0) is 16.1 Å². The molecule has 0 saturated carbocycles. The van der Waals surface area contributed by atoms with Crippen LogP contribution in [0.3, 0.4) is 0 Å². The average Bonchev–Trinajstić information content (AvgIpc) is 2.98. The van der Waals surface area contributed by atoms with Crippen molar-refractivity contribution in [1.29, 1.82) is 0 Å². The summed E-state index contributed by atoms with van der Waals surface area (Å²) in [4.78, 5) is 49.8. The number of nitrogens with zero attached hydrogens (tertiary/aromatic N) is 1. The second-order valence-corrected chi connectivity index (χ2v) is 6.73. The number of carbonyl (C=O) groups is 4. The van der Waals surface area contributed by atoms with Crippen LogP contribution >= 0.6 is 0 Å². The number of nitrogens with one attached hydrogen (secondary N) is 2. The van der Waals surface area contributed by atoms with Crippen molar-refractivity contribution < 1.29 is 23.6 Å². The molecule has 2 heterocycles. The number of anilines is 1. The van der Waals surface area contributed by atoms with Crippen molar-refractivity contribution in [2.24, 2.45) is 0 Å². The van der Waals surface area contributed by atoms with Gasteiger partial charge in [-0.25, -0.2) is 4.39 Å². The molecule has 0 bridgehead atoms. The van der Waals surface area contributed by atoms with E-state index in [-0.39, 0.29) is 24.8 Å². The topological polar surface area (TPSA) is 95.6 Å². The van der Waals surface area contributed by atoms with Crippen LogP contribution in [0.5, 0.6) is 0 Å². The van der Waals surface area contributed by atoms with E-state index >= 15 is 0 Å². The number of amides is 4. The molecular formula is C20H16FN3O4. The van der Waals surface area contributed by atoms with Gasteiger partial charge in [0.05, 0.1) is 0 Å². The lowest BCUT2D eigenvalue weighted by molar-refractivity contribution is -0.136. The van der Waals surface area contributed by atoms with Gasteiger partial charge in [-0.15, -0.1) is 0 Å². The Hall–Kier alpha value is -3.55. The zero-order valence-electron chi connectivity index (χ0n) is 14.7. The van der Waals surface area contributed by atoms with Gasteiger partial charge in [0.15, 0.2) is 0 Å². The van der Waals surface area contributed by atoms with E-state index in [1.54, 1.807) is 18.2 Å². The Morgan fingerprint density at radius 1 is 1.11 bits per heavy atom. The van der Waals surface area contributed by atoms with E-state index in [4.69, 9.17) is 0 Å². The van der Waals surface area contributed by atoms with Crippen LogP contribution in [-0.4, -0.2) is 34.6 Å². The highest BCUT2D eigenvalue weighted by molar-refractivity contribution is 6.07. The third kappa shape index (κ3) is 3.24. The minimum absolute atomic E-state index is 0.190. The molecule has 1 atom stereocenters. The highest BCUT2D eigenvalue weighted by atomic mass is 19.1. The summed E-state index contributed by atoms with van der Waals surface area (Å²) < 4.78 is 13.0. The summed E-state index contributed by atoms with van der Waals surface area (Å²) in [6.45, 7) is 0.223. The first-order valence-corrected chi connectivity index (χ1v) is 8.77. The summed E-state index contributed by atoms with van der Waals surface area (Å²) in [5.41, 5.74) is 1.95. The van der Waals surface area contributed by atoms with Crippen molar-refractivity contribution in [3.05, 3.63) is 65.0 Å². The Bertz CT molecular complexity index is 1000. The first-order valence-electron chi connectivity index (χ1n) is 8.77. The number of fused-ring (bicyclic) bond motifs is 1. The van der Waals surface area contributed by atoms with Crippen LogP contribution in [0.1, 0.15) is 39.1 Å². The summed E-state index contributed by atoms with van der Waals surface area (Å²) >= 11 is 0. The number of carbonyl (C=O) groups excluding carboxylic acids is 4. The van der Waals surface area contributed by atoms with Gasteiger partial charge in [-0.05, 0) is 54.4 Å². The molecule has 2 aliphatic rings. The molecule has 0 aliphatic carbocycles. The van der Waals surface area contributed by atoms with Crippen LogP contribution in [0.2, 0.25) is 0 Å². The Morgan fingerprint density at radius 2 is 1.86 bits per heavy atom. The van der Waals surface area contributed by atoms with Gasteiger partial charge in [-0.2, -0.15) is 0 Å². The molecule has 2 aromatic carbocycles. The van der Waals surface area contributed by atoms with Gasteiger partial charge < -0.3 is 10.2 Å². The molecule has 8 heteroatoms. The summed E-state index contributed by atoms with van der Waals surface area (Å²) in [5.74, 6) is -1.91. The van der Waals surface area contributed by atoms with Crippen molar-refractivity contribution in [2.45, 2.75) is 25.4 Å². The third-order valence-corrected chi connectivity index (χ3v) is 4.89. The highest BCUT2D eigenvalue weighted by Gasteiger charge is 2.39. The number of rotatable bonds is 3. The second kappa shape index (κ2) is 6.88. The maximum absolute atomic E-state index is 13.0. The maximum atomic E-state index is 13.0. The predicted molar refractivity (Wildman–Crippen MR) is 96.8 cm³/mol. The molecule has 4 amide bonds. The lowest BCUT2D eigenvalue weighted by Crippen LogP contribution is -2.52. The molecule has 4 rings (SSSR count). The smallest absolute Gasteiger partial charge is 0.255 e. The van der Waals surface area contributed by atoms with Crippen LogP contribution in [0.4, 0.5) is 10.1 Å². The monoisotopic (exact) mass is 381 g/mol. The van der Waals surface area contributed by atoms with Crippen molar-refractivity contribution in [3.63, 3.8) is 0 Å². The standard InChI is InChI=1S/C20H16FN3O4/c21-13-3-1-11(2-4-13)18(26)22-14-5-6-15-12(9-14)10-24(20(15)28)16-7-8-17(25)23-19(16)27/h1-6,9,16H,7-8,10H2,(H,22,26)(H,23,25,27). The van der Waals surface area contributed by atoms with E-state index in [2.05, 4.69) is 10.6 Å². The van der Waals surface area contributed by atoms with Gasteiger partial charge in [0, 0.05) is 29.8 Å². The molecule has 2 aliphatic heterocycles. The van der Waals surface area contributed by atoms with E-state index in [1.807, 2.05) is 0 Å². The molecule has 1 saturated heterocycles. The lowest BCUT2D eigenvalue weighted by Gasteiger charge is -2.29. The molecule has 2 aromatic rings. The quantitative estimate of drug-likeness (QED) is 0.793. The molecule has 1 unspecified atom stereocenters. The summed E-state index contributed by atoms with van der Waals surface area (Å²) in [7, 11) is 0. The van der Waals surface area contributed by atoms with Crippen molar-refractivity contribution >= 4 is 29.3 Å². The van der Waals surface area contributed by atoms with Gasteiger partial charge in [0.2, 0.25) is 11.8 Å². The van der Waals surface area contributed by atoms with Crippen molar-refractivity contribution in [2.75, 3.05) is 5.32 Å². The summed E-state index contributed by atoms with van der Waals surface area (Å²) in [5, 5.41) is 4.97.